The fraction of sp³-hybridized carbons (Fsp3) is 0.467. The number of ether oxygens (including phenoxy) is 3. The fourth-order valence-corrected chi connectivity index (χ4v) is 2.42. The standard InChI is InChI=1S/C15H19NO5/c1-4-21-15(18)16-9-11(8-14(16)17)10-5-6-12(19-2)13(7-10)20-3/h5-7,11H,4,8-9H2,1-3H3. The summed E-state index contributed by atoms with van der Waals surface area (Å²) in [5.41, 5.74) is 0.938. The van der Waals surface area contributed by atoms with Crippen LogP contribution in [0.5, 0.6) is 11.5 Å². The van der Waals surface area contributed by atoms with E-state index in [-0.39, 0.29) is 24.9 Å². The molecule has 0 radical (unpaired) electrons. The summed E-state index contributed by atoms with van der Waals surface area (Å²) >= 11 is 0. The van der Waals surface area contributed by atoms with Crippen molar-refractivity contribution in [2.24, 2.45) is 0 Å². The van der Waals surface area contributed by atoms with Crippen molar-refractivity contribution >= 4 is 12.0 Å². The van der Waals surface area contributed by atoms with Gasteiger partial charge in [-0.25, -0.2) is 9.69 Å². The Kier molecular flexibility index (Phi) is 4.67. The lowest BCUT2D eigenvalue weighted by Crippen LogP contribution is -2.32. The number of imide groups is 1. The molecule has 0 aromatic heterocycles. The molecule has 114 valence electrons. The van der Waals surface area contributed by atoms with Crippen molar-refractivity contribution in [3.05, 3.63) is 23.8 Å². The Labute approximate surface area is 123 Å². The lowest BCUT2D eigenvalue weighted by molar-refractivity contribution is -0.126. The summed E-state index contributed by atoms with van der Waals surface area (Å²) in [6.07, 6.45) is -0.292. The molecular formula is C15H19NO5. The summed E-state index contributed by atoms with van der Waals surface area (Å²) in [5.74, 6) is 0.972. The largest absolute Gasteiger partial charge is 0.493 e. The average Bonchev–Trinajstić information content (AvgIpc) is 2.88. The number of hydrogen-bond acceptors (Lipinski definition) is 5. The molecule has 1 heterocycles. The number of nitrogens with zero attached hydrogens (tertiary/aromatic N) is 1. The number of carbonyl (C=O) groups excluding carboxylic acids is 2. The smallest absolute Gasteiger partial charge is 0.416 e. The van der Waals surface area contributed by atoms with Crippen LogP contribution in [-0.4, -0.2) is 44.3 Å². The van der Waals surface area contributed by atoms with E-state index in [4.69, 9.17) is 14.2 Å². The maximum Gasteiger partial charge on any atom is 0.416 e. The average molecular weight is 293 g/mol. The number of carbonyl (C=O) groups is 2. The Morgan fingerprint density at radius 2 is 2.00 bits per heavy atom. The molecule has 1 atom stereocenters. The molecule has 1 aromatic carbocycles. The van der Waals surface area contributed by atoms with E-state index in [2.05, 4.69) is 0 Å². The van der Waals surface area contributed by atoms with E-state index >= 15 is 0 Å². The van der Waals surface area contributed by atoms with Gasteiger partial charge in [-0.2, -0.15) is 0 Å². The van der Waals surface area contributed by atoms with Crippen molar-refractivity contribution in [2.75, 3.05) is 27.4 Å². The van der Waals surface area contributed by atoms with E-state index in [0.717, 1.165) is 10.5 Å². The Hall–Kier alpha value is -2.24. The minimum atomic E-state index is -0.578. The van der Waals surface area contributed by atoms with Crippen LogP contribution >= 0.6 is 0 Å². The molecular weight excluding hydrogens is 274 g/mol. The summed E-state index contributed by atoms with van der Waals surface area (Å²) in [6, 6.07) is 5.52. The summed E-state index contributed by atoms with van der Waals surface area (Å²) < 4.78 is 15.3. The van der Waals surface area contributed by atoms with E-state index in [0.29, 0.717) is 18.0 Å². The second-order valence-electron chi connectivity index (χ2n) is 4.72. The summed E-state index contributed by atoms with van der Waals surface area (Å²) in [6.45, 7) is 2.29. The Morgan fingerprint density at radius 3 is 2.62 bits per heavy atom. The van der Waals surface area contributed by atoms with Gasteiger partial charge in [0.15, 0.2) is 11.5 Å². The quantitative estimate of drug-likeness (QED) is 0.851. The molecule has 1 fully saturated rings. The molecule has 1 unspecified atom stereocenters. The summed E-state index contributed by atoms with van der Waals surface area (Å²) in [7, 11) is 3.13. The van der Waals surface area contributed by atoms with Crippen molar-refractivity contribution in [3.63, 3.8) is 0 Å². The maximum atomic E-state index is 11.9. The Balaban J connectivity index is 2.17. The number of likely N-dealkylation sites (tertiary alicyclic amines) is 1. The third-order valence-electron chi connectivity index (χ3n) is 3.49. The van der Waals surface area contributed by atoms with Crippen LogP contribution in [0.15, 0.2) is 18.2 Å². The number of rotatable bonds is 4. The molecule has 2 amide bonds. The lowest BCUT2D eigenvalue weighted by atomic mass is 9.98. The van der Waals surface area contributed by atoms with Gasteiger partial charge in [-0.15, -0.1) is 0 Å². The zero-order valence-electron chi connectivity index (χ0n) is 12.4. The molecule has 21 heavy (non-hydrogen) atoms. The molecule has 0 N–H and O–H groups in total. The molecule has 1 aliphatic rings. The van der Waals surface area contributed by atoms with Gasteiger partial charge >= 0.3 is 6.09 Å². The SMILES string of the molecule is CCOC(=O)N1CC(c2ccc(OC)c(OC)c2)CC1=O. The Morgan fingerprint density at radius 1 is 1.29 bits per heavy atom. The molecule has 1 saturated heterocycles. The van der Waals surface area contributed by atoms with Crippen molar-refractivity contribution in [1.82, 2.24) is 4.90 Å². The van der Waals surface area contributed by atoms with E-state index in [1.807, 2.05) is 12.1 Å². The van der Waals surface area contributed by atoms with Crippen LogP contribution in [0, 0.1) is 0 Å². The maximum absolute atomic E-state index is 11.9. The van der Waals surface area contributed by atoms with Crippen LogP contribution in [0.3, 0.4) is 0 Å². The lowest BCUT2D eigenvalue weighted by Gasteiger charge is -2.15. The monoisotopic (exact) mass is 293 g/mol. The van der Waals surface area contributed by atoms with Gasteiger partial charge in [0.25, 0.3) is 0 Å². The van der Waals surface area contributed by atoms with Gasteiger partial charge in [-0.05, 0) is 24.6 Å². The third kappa shape index (κ3) is 3.09. The predicted molar refractivity (Wildman–Crippen MR) is 75.6 cm³/mol. The topological polar surface area (TPSA) is 65.1 Å². The highest BCUT2D eigenvalue weighted by molar-refractivity contribution is 5.94. The molecule has 0 bridgehead atoms. The Bertz CT molecular complexity index is 543. The van der Waals surface area contributed by atoms with Crippen LogP contribution < -0.4 is 9.47 Å². The van der Waals surface area contributed by atoms with Gasteiger partial charge in [0.1, 0.15) is 0 Å². The van der Waals surface area contributed by atoms with Gasteiger partial charge < -0.3 is 14.2 Å². The minimum absolute atomic E-state index is 0.0540. The van der Waals surface area contributed by atoms with Crippen molar-refractivity contribution < 1.29 is 23.8 Å². The number of hydrogen-bond donors (Lipinski definition) is 0. The zero-order chi connectivity index (χ0) is 15.4. The molecule has 1 aromatic rings. The van der Waals surface area contributed by atoms with Crippen LogP contribution in [0.1, 0.15) is 24.8 Å². The molecule has 1 aliphatic heterocycles. The minimum Gasteiger partial charge on any atom is -0.493 e. The van der Waals surface area contributed by atoms with E-state index < -0.39 is 6.09 Å². The van der Waals surface area contributed by atoms with Crippen LogP contribution in [0.2, 0.25) is 0 Å². The van der Waals surface area contributed by atoms with Gasteiger partial charge in [0.05, 0.1) is 20.8 Å². The molecule has 6 heteroatoms. The van der Waals surface area contributed by atoms with Crippen molar-refractivity contribution in [2.45, 2.75) is 19.3 Å². The molecule has 2 rings (SSSR count). The van der Waals surface area contributed by atoms with Crippen molar-refractivity contribution in [1.29, 1.82) is 0 Å². The van der Waals surface area contributed by atoms with Gasteiger partial charge in [-0.1, -0.05) is 6.07 Å². The fourth-order valence-electron chi connectivity index (χ4n) is 2.42. The van der Waals surface area contributed by atoms with Crippen LogP contribution in [0.4, 0.5) is 4.79 Å². The first-order valence-electron chi connectivity index (χ1n) is 6.79. The number of methoxy groups -OCH3 is 2. The number of benzene rings is 1. The molecule has 0 aliphatic carbocycles. The molecule has 0 spiro atoms. The normalized spacial score (nSPS) is 17.8. The van der Waals surface area contributed by atoms with E-state index in [1.54, 1.807) is 27.2 Å². The second kappa shape index (κ2) is 6.47. The first-order valence-corrected chi connectivity index (χ1v) is 6.79. The zero-order valence-corrected chi connectivity index (χ0v) is 12.4. The number of amides is 2. The highest BCUT2D eigenvalue weighted by atomic mass is 16.6. The van der Waals surface area contributed by atoms with E-state index in [9.17, 15) is 9.59 Å². The van der Waals surface area contributed by atoms with Gasteiger partial charge in [-0.3, -0.25) is 4.79 Å². The predicted octanol–water partition coefficient (Wildman–Crippen LogP) is 2.18. The third-order valence-corrected chi connectivity index (χ3v) is 3.49. The van der Waals surface area contributed by atoms with E-state index in [1.165, 1.54) is 0 Å². The van der Waals surface area contributed by atoms with Crippen LogP contribution in [0.25, 0.3) is 0 Å². The molecule has 0 saturated carbocycles. The molecule has 6 nitrogen and oxygen atoms in total. The summed E-state index contributed by atoms with van der Waals surface area (Å²) in [4.78, 5) is 24.8. The van der Waals surface area contributed by atoms with Crippen molar-refractivity contribution in [3.8, 4) is 11.5 Å². The first-order chi connectivity index (χ1) is 10.1. The highest BCUT2D eigenvalue weighted by Crippen LogP contribution is 2.34. The first kappa shape index (κ1) is 15.2. The summed E-state index contributed by atoms with van der Waals surface area (Å²) in [5, 5.41) is 0. The van der Waals surface area contributed by atoms with Crippen LogP contribution in [-0.2, 0) is 9.53 Å². The highest BCUT2D eigenvalue weighted by Gasteiger charge is 2.35. The second-order valence-corrected chi connectivity index (χ2v) is 4.72. The van der Waals surface area contributed by atoms with Gasteiger partial charge in [0.2, 0.25) is 5.91 Å². The van der Waals surface area contributed by atoms with Gasteiger partial charge in [0, 0.05) is 18.9 Å².